The van der Waals surface area contributed by atoms with Gasteiger partial charge >= 0.3 is 5.97 Å². The lowest BCUT2D eigenvalue weighted by Crippen LogP contribution is -2.33. The lowest BCUT2D eigenvalue weighted by atomic mass is 9.94. The predicted octanol–water partition coefficient (Wildman–Crippen LogP) is 7.72. The maximum absolute atomic E-state index is 12.6. The van der Waals surface area contributed by atoms with Gasteiger partial charge in [0.05, 0.1) is 17.4 Å². The molecule has 0 saturated heterocycles. The SMILES string of the molecule is Cc1ccc(SNC2CCC(Oc3ccc(Oc4ccc(C(=O)Nc5ccccc5C(=O)O)cc4)cc3)CC2)cc1. The minimum Gasteiger partial charge on any atom is -0.490 e. The molecule has 1 fully saturated rings. The molecule has 1 aliphatic carbocycles. The smallest absolute Gasteiger partial charge is 0.337 e. The summed E-state index contributed by atoms with van der Waals surface area (Å²) in [7, 11) is 0. The molecule has 4 aromatic carbocycles. The number of benzene rings is 4. The highest BCUT2D eigenvalue weighted by Gasteiger charge is 2.22. The first kappa shape index (κ1) is 28.3. The lowest BCUT2D eigenvalue weighted by Gasteiger charge is -2.29. The number of carbonyl (C=O) groups excluding carboxylic acids is 1. The zero-order valence-corrected chi connectivity index (χ0v) is 23.5. The number of amides is 1. The number of nitrogens with one attached hydrogen (secondary N) is 2. The number of carbonyl (C=O) groups is 2. The Morgan fingerprint density at radius 3 is 2.05 bits per heavy atom. The molecule has 1 amide bonds. The Kier molecular flexibility index (Phi) is 9.23. The van der Waals surface area contributed by atoms with Gasteiger partial charge in [-0.15, -0.1) is 0 Å². The van der Waals surface area contributed by atoms with Crippen molar-refractivity contribution in [2.24, 2.45) is 0 Å². The van der Waals surface area contributed by atoms with E-state index in [4.69, 9.17) is 9.47 Å². The maximum atomic E-state index is 12.6. The van der Waals surface area contributed by atoms with E-state index >= 15 is 0 Å². The zero-order chi connectivity index (χ0) is 28.6. The van der Waals surface area contributed by atoms with Crippen LogP contribution in [0.25, 0.3) is 0 Å². The Labute approximate surface area is 244 Å². The number of anilines is 1. The Morgan fingerprint density at radius 2 is 1.39 bits per heavy atom. The Balaban J connectivity index is 1.07. The number of hydrogen-bond acceptors (Lipinski definition) is 6. The zero-order valence-electron chi connectivity index (χ0n) is 22.7. The molecule has 0 aromatic heterocycles. The van der Waals surface area contributed by atoms with E-state index in [2.05, 4.69) is 41.2 Å². The molecule has 7 nitrogen and oxygen atoms in total. The van der Waals surface area contributed by atoms with E-state index in [0.29, 0.717) is 23.1 Å². The third kappa shape index (κ3) is 7.90. The molecule has 4 aromatic rings. The van der Waals surface area contributed by atoms with Gasteiger partial charge in [0.1, 0.15) is 17.2 Å². The van der Waals surface area contributed by atoms with Crippen LogP contribution in [0.4, 0.5) is 5.69 Å². The Hall–Kier alpha value is -4.27. The van der Waals surface area contributed by atoms with Gasteiger partial charge in [0.15, 0.2) is 0 Å². The van der Waals surface area contributed by atoms with Crippen molar-refractivity contribution in [2.45, 2.75) is 49.6 Å². The fourth-order valence-corrected chi connectivity index (χ4v) is 5.43. The van der Waals surface area contributed by atoms with Gasteiger partial charge < -0.3 is 19.9 Å². The average Bonchev–Trinajstić information content (AvgIpc) is 2.99. The van der Waals surface area contributed by atoms with Gasteiger partial charge in [-0.3, -0.25) is 9.52 Å². The number of aryl methyl sites for hydroxylation is 1. The van der Waals surface area contributed by atoms with Gasteiger partial charge in [0.2, 0.25) is 0 Å². The van der Waals surface area contributed by atoms with Crippen LogP contribution in [0.3, 0.4) is 0 Å². The number of hydrogen-bond donors (Lipinski definition) is 3. The van der Waals surface area contributed by atoms with Crippen LogP contribution in [0.5, 0.6) is 17.2 Å². The Morgan fingerprint density at radius 1 is 0.780 bits per heavy atom. The van der Waals surface area contributed by atoms with Crippen LogP contribution in [0.1, 0.15) is 52.0 Å². The summed E-state index contributed by atoms with van der Waals surface area (Å²) in [6.45, 7) is 2.10. The van der Waals surface area contributed by atoms with Crippen LogP contribution >= 0.6 is 11.9 Å². The number of carboxylic acids is 1. The first-order valence-corrected chi connectivity index (χ1v) is 14.4. The molecule has 210 valence electrons. The number of aromatic carboxylic acids is 1. The highest BCUT2D eigenvalue weighted by atomic mass is 32.2. The summed E-state index contributed by atoms with van der Waals surface area (Å²) in [6, 6.07) is 29.6. The highest BCUT2D eigenvalue weighted by molar-refractivity contribution is 7.97. The summed E-state index contributed by atoms with van der Waals surface area (Å²) in [5, 5.41) is 12.0. The monoisotopic (exact) mass is 568 g/mol. The van der Waals surface area contributed by atoms with E-state index in [9.17, 15) is 14.7 Å². The van der Waals surface area contributed by atoms with Crippen molar-refractivity contribution in [3.63, 3.8) is 0 Å². The summed E-state index contributed by atoms with van der Waals surface area (Å²) < 4.78 is 15.8. The fourth-order valence-electron chi connectivity index (χ4n) is 4.62. The molecule has 0 atom stereocenters. The summed E-state index contributed by atoms with van der Waals surface area (Å²) in [4.78, 5) is 25.2. The van der Waals surface area contributed by atoms with Crippen molar-refractivity contribution in [1.29, 1.82) is 0 Å². The van der Waals surface area contributed by atoms with Crippen molar-refractivity contribution in [3.8, 4) is 17.2 Å². The van der Waals surface area contributed by atoms with E-state index in [1.165, 1.54) is 16.5 Å². The minimum atomic E-state index is -1.10. The van der Waals surface area contributed by atoms with E-state index in [0.717, 1.165) is 31.4 Å². The summed E-state index contributed by atoms with van der Waals surface area (Å²) in [5.74, 6) is 0.550. The molecule has 0 bridgehead atoms. The van der Waals surface area contributed by atoms with E-state index in [1.807, 2.05) is 24.3 Å². The van der Waals surface area contributed by atoms with Crippen molar-refractivity contribution in [2.75, 3.05) is 5.32 Å². The van der Waals surface area contributed by atoms with Gasteiger partial charge in [-0.1, -0.05) is 29.8 Å². The van der Waals surface area contributed by atoms with E-state index in [-0.39, 0.29) is 17.4 Å². The third-order valence-corrected chi connectivity index (χ3v) is 7.88. The third-order valence-electron chi connectivity index (χ3n) is 6.92. The van der Waals surface area contributed by atoms with Gasteiger partial charge in [-0.05, 0) is 117 Å². The van der Waals surface area contributed by atoms with Crippen LogP contribution in [0.15, 0.2) is 102 Å². The average molecular weight is 569 g/mol. The quantitative estimate of drug-likeness (QED) is 0.169. The van der Waals surface area contributed by atoms with Gasteiger partial charge in [0.25, 0.3) is 5.91 Å². The molecule has 0 spiro atoms. The van der Waals surface area contributed by atoms with Crippen LogP contribution in [0.2, 0.25) is 0 Å². The molecular weight excluding hydrogens is 536 g/mol. The first-order chi connectivity index (χ1) is 19.9. The fraction of sp³-hybridized carbons (Fsp3) is 0.212. The van der Waals surface area contributed by atoms with Gasteiger partial charge in [-0.2, -0.15) is 0 Å². The minimum absolute atomic E-state index is 0.0332. The maximum Gasteiger partial charge on any atom is 0.337 e. The van der Waals surface area contributed by atoms with Crippen molar-refractivity contribution in [3.05, 3.63) is 114 Å². The molecule has 0 radical (unpaired) electrons. The second-order valence-corrected chi connectivity index (χ2v) is 10.9. The molecule has 1 saturated carbocycles. The summed E-state index contributed by atoms with van der Waals surface area (Å²) in [5.41, 5.74) is 1.94. The lowest BCUT2D eigenvalue weighted by molar-refractivity contribution is 0.0698. The van der Waals surface area contributed by atoms with Crippen LogP contribution in [0, 0.1) is 6.92 Å². The van der Waals surface area contributed by atoms with Crippen molar-refractivity contribution in [1.82, 2.24) is 4.72 Å². The van der Waals surface area contributed by atoms with Crippen LogP contribution < -0.4 is 19.5 Å². The molecule has 1 aliphatic rings. The predicted molar refractivity (Wildman–Crippen MR) is 161 cm³/mol. The second kappa shape index (κ2) is 13.4. The number of ether oxygens (including phenoxy) is 2. The molecule has 0 aliphatic heterocycles. The van der Waals surface area contributed by atoms with E-state index in [1.54, 1.807) is 54.4 Å². The molecule has 5 rings (SSSR count). The number of para-hydroxylation sites is 1. The number of carboxylic acid groups (broad SMARTS) is 1. The molecule has 8 heteroatoms. The standard InChI is InChI=1S/C33H32N2O5S/c1-22-6-20-29(21-7-22)41-35-24-10-14-26(15-11-24)40-28-18-16-27(17-19-28)39-25-12-8-23(9-13-25)32(36)34-31-5-3-2-4-30(31)33(37)38/h2-9,12-13,16-21,24,26,35H,10-11,14-15H2,1H3,(H,34,36)(H,37,38). The Bertz CT molecular complexity index is 1470. The summed E-state index contributed by atoms with van der Waals surface area (Å²) in [6.07, 6.45) is 4.36. The highest BCUT2D eigenvalue weighted by Crippen LogP contribution is 2.29. The molecule has 0 unspecified atom stereocenters. The second-order valence-electron chi connectivity index (χ2n) is 10.0. The topological polar surface area (TPSA) is 96.9 Å². The first-order valence-electron chi connectivity index (χ1n) is 13.6. The van der Waals surface area contributed by atoms with Crippen LogP contribution in [-0.2, 0) is 0 Å². The van der Waals surface area contributed by atoms with Gasteiger partial charge in [-0.25, -0.2) is 4.79 Å². The number of rotatable bonds is 10. The molecular formula is C33H32N2O5S. The molecule has 41 heavy (non-hydrogen) atoms. The van der Waals surface area contributed by atoms with E-state index < -0.39 is 11.9 Å². The molecule has 0 heterocycles. The normalized spacial score (nSPS) is 16.5. The van der Waals surface area contributed by atoms with Crippen LogP contribution in [-0.4, -0.2) is 29.1 Å². The van der Waals surface area contributed by atoms with Crippen molar-refractivity contribution < 1.29 is 24.2 Å². The largest absolute Gasteiger partial charge is 0.490 e. The molecule has 3 N–H and O–H groups in total. The van der Waals surface area contributed by atoms with Crippen molar-refractivity contribution >= 4 is 29.5 Å². The summed E-state index contributed by atoms with van der Waals surface area (Å²) >= 11 is 1.70. The van der Waals surface area contributed by atoms with Gasteiger partial charge in [0, 0.05) is 16.5 Å².